The highest BCUT2D eigenvalue weighted by molar-refractivity contribution is 5.95. The lowest BCUT2D eigenvalue weighted by Crippen LogP contribution is -2.27. The van der Waals surface area contributed by atoms with Crippen LogP contribution in [0.15, 0.2) is 23.8 Å². The Morgan fingerprint density at radius 2 is 1.70 bits per heavy atom. The molecule has 20 heavy (non-hydrogen) atoms. The number of rotatable bonds is 9. The fraction of sp³-hybridized carbons (Fsp3) is 0.625. The molecule has 0 bridgehead atoms. The van der Waals surface area contributed by atoms with Crippen LogP contribution in [0.2, 0.25) is 0 Å². The molecule has 4 nitrogen and oxygen atoms in total. The Morgan fingerprint density at radius 3 is 2.10 bits per heavy atom. The van der Waals surface area contributed by atoms with Crippen molar-refractivity contribution in [2.24, 2.45) is 5.92 Å². The van der Waals surface area contributed by atoms with E-state index in [2.05, 4.69) is 29.1 Å². The summed E-state index contributed by atoms with van der Waals surface area (Å²) in [6.45, 7) is 7.92. The van der Waals surface area contributed by atoms with Gasteiger partial charge in [0.1, 0.15) is 0 Å². The maximum atomic E-state index is 11.7. The monoisotopic (exact) mass is 282 g/mol. The van der Waals surface area contributed by atoms with Gasteiger partial charge >= 0.3 is 11.9 Å². The van der Waals surface area contributed by atoms with Gasteiger partial charge < -0.3 is 9.47 Å². The SMILES string of the molecule is C=C(C)/C(=C/CCCCC)CC(C(=O)OC)C(=O)OC. The second kappa shape index (κ2) is 10.2. The molecule has 0 aromatic rings. The number of hydrogen-bond acceptors (Lipinski definition) is 4. The number of carbonyl (C=O) groups is 2. The standard InChI is InChI=1S/C16H26O4/c1-6-7-8-9-10-13(12(2)3)11-14(15(17)19-4)16(18)20-5/h10,14H,2,6-9,11H2,1,3-5H3/b13-10+. The molecule has 0 spiro atoms. The molecule has 0 aliphatic heterocycles. The summed E-state index contributed by atoms with van der Waals surface area (Å²) in [6.07, 6.45) is 6.66. The Hall–Kier alpha value is -1.58. The van der Waals surface area contributed by atoms with Gasteiger partial charge in [-0.1, -0.05) is 38.0 Å². The fourth-order valence-corrected chi connectivity index (χ4v) is 1.87. The molecule has 4 heteroatoms. The fourth-order valence-electron chi connectivity index (χ4n) is 1.87. The first-order valence-corrected chi connectivity index (χ1v) is 6.98. The van der Waals surface area contributed by atoms with Crippen LogP contribution < -0.4 is 0 Å². The number of hydrogen-bond donors (Lipinski definition) is 0. The lowest BCUT2D eigenvalue weighted by Gasteiger charge is -2.15. The van der Waals surface area contributed by atoms with Crippen LogP contribution in [0.5, 0.6) is 0 Å². The number of methoxy groups -OCH3 is 2. The molecular formula is C16H26O4. The van der Waals surface area contributed by atoms with Crippen LogP contribution in [0.25, 0.3) is 0 Å². The van der Waals surface area contributed by atoms with Crippen LogP contribution >= 0.6 is 0 Å². The topological polar surface area (TPSA) is 52.6 Å². The summed E-state index contributed by atoms with van der Waals surface area (Å²) >= 11 is 0. The summed E-state index contributed by atoms with van der Waals surface area (Å²) in [6, 6.07) is 0. The average molecular weight is 282 g/mol. The summed E-state index contributed by atoms with van der Waals surface area (Å²) in [7, 11) is 2.54. The van der Waals surface area contributed by atoms with Gasteiger partial charge in [-0.05, 0) is 31.8 Å². The third-order valence-corrected chi connectivity index (χ3v) is 3.14. The Bertz CT molecular complexity index is 353. The normalized spacial score (nSPS) is 11.3. The zero-order valence-corrected chi connectivity index (χ0v) is 13.0. The molecule has 0 saturated heterocycles. The second-order valence-corrected chi connectivity index (χ2v) is 4.81. The van der Waals surface area contributed by atoms with Crippen molar-refractivity contribution in [2.45, 2.75) is 46.0 Å². The van der Waals surface area contributed by atoms with Crippen molar-refractivity contribution in [2.75, 3.05) is 14.2 Å². The Kier molecular flexibility index (Phi) is 9.43. The van der Waals surface area contributed by atoms with E-state index in [1.54, 1.807) is 0 Å². The number of ether oxygens (including phenoxy) is 2. The predicted octanol–water partition coefficient (Wildman–Crippen LogP) is 3.42. The van der Waals surface area contributed by atoms with E-state index in [9.17, 15) is 9.59 Å². The first kappa shape index (κ1) is 18.4. The molecule has 0 rings (SSSR count). The molecule has 114 valence electrons. The van der Waals surface area contributed by atoms with Crippen molar-refractivity contribution in [3.63, 3.8) is 0 Å². The van der Waals surface area contributed by atoms with Crippen LogP contribution in [-0.4, -0.2) is 26.2 Å². The lowest BCUT2D eigenvalue weighted by molar-refractivity contribution is -0.158. The maximum Gasteiger partial charge on any atom is 0.320 e. The van der Waals surface area contributed by atoms with E-state index >= 15 is 0 Å². The molecule has 0 aromatic carbocycles. The number of allylic oxidation sites excluding steroid dienone is 3. The number of carbonyl (C=O) groups excluding carboxylic acids is 2. The predicted molar refractivity (Wildman–Crippen MR) is 79.2 cm³/mol. The minimum Gasteiger partial charge on any atom is -0.468 e. The summed E-state index contributed by atoms with van der Waals surface area (Å²) in [5.74, 6) is -2.06. The van der Waals surface area contributed by atoms with Crippen molar-refractivity contribution >= 4 is 11.9 Å². The Balaban J connectivity index is 4.86. The van der Waals surface area contributed by atoms with Crippen LogP contribution in [0, 0.1) is 5.92 Å². The molecule has 0 N–H and O–H groups in total. The average Bonchev–Trinajstić information content (AvgIpc) is 2.44. The van der Waals surface area contributed by atoms with E-state index in [1.165, 1.54) is 14.2 Å². The molecule has 0 aromatic heterocycles. The molecule has 0 atom stereocenters. The van der Waals surface area contributed by atoms with E-state index in [1.807, 2.05) is 6.92 Å². The van der Waals surface area contributed by atoms with E-state index in [0.29, 0.717) is 0 Å². The van der Waals surface area contributed by atoms with E-state index in [0.717, 1.165) is 36.8 Å². The molecule has 0 aliphatic carbocycles. The van der Waals surface area contributed by atoms with Gasteiger partial charge in [0.05, 0.1) is 14.2 Å². The smallest absolute Gasteiger partial charge is 0.320 e. The largest absolute Gasteiger partial charge is 0.468 e. The van der Waals surface area contributed by atoms with Crippen molar-refractivity contribution < 1.29 is 19.1 Å². The quantitative estimate of drug-likeness (QED) is 0.281. The van der Waals surface area contributed by atoms with Gasteiger partial charge in [0.15, 0.2) is 5.92 Å². The van der Waals surface area contributed by atoms with Crippen LogP contribution in [0.4, 0.5) is 0 Å². The third kappa shape index (κ3) is 6.55. The van der Waals surface area contributed by atoms with Gasteiger partial charge in [0, 0.05) is 0 Å². The Morgan fingerprint density at radius 1 is 1.15 bits per heavy atom. The summed E-state index contributed by atoms with van der Waals surface area (Å²) < 4.78 is 9.32. The lowest BCUT2D eigenvalue weighted by atomic mass is 9.94. The molecule has 0 radical (unpaired) electrons. The second-order valence-electron chi connectivity index (χ2n) is 4.81. The van der Waals surface area contributed by atoms with Crippen LogP contribution in [-0.2, 0) is 19.1 Å². The van der Waals surface area contributed by atoms with Crippen molar-refractivity contribution in [3.8, 4) is 0 Å². The molecule has 0 aliphatic rings. The first-order chi connectivity index (χ1) is 9.47. The van der Waals surface area contributed by atoms with Gasteiger partial charge in [-0.2, -0.15) is 0 Å². The number of esters is 2. The third-order valence-electron chi connectivity index (χ3n) is 3.14. The van der Waals surface area contributed by atoms with Crippen LogP contribution in [0.1, 0.15) is 46.0 Å². The van der Waals surface area contributed by atoms with Gasteiger partial charge in [-0.25, -0.2) is 0 Å². The van der Waals surface area contributed by atoms with Crippen LogP contribution in [0.3, 0.4) is 0 Å². The minimum atomic E-state index is -0.917. The van der Waals surface area contributed by atoms with Crippen molar-refractivity contribution in [1.29, 1.82) is 0 Å². The molecular weight excluding hydrogens is 256 g/mol. The minimum absolute atomic E-state index is 0.279. The Labute approximate surface area is 121 Å². The van der Waals surface area contributed by atoms with E-state index in [-0.39, 0.29) is 6.42 Å². The highest BCUT2D eigenvalue weighted by Crippen LogP contribution is 2.21. The van der Waals surface area contributed by atoms with Crippen molar-refractivity contribution in [1.82, 2.24) is 0 Å². The molecule has 0 heterocycles. The molecule has 0 unspecified atom stereocenters. The highest BCUT2D eigenvalue weighted by Gasteiger charge is 2.29. The van der Waals surface area contributed by atoms with E-state index < -0.39 is 17.9 Å². The van der Waals surface area contributed by atoms with Gasteiger partial charge in [0.2, 0.25) is 0 Å². The van der Waals surface area contributed by atoms with Gasteiger partial charge in [-0.15, -0.1) is 0 Å². The zero-order chi connectivity index (χ0) is 15.5. The molecule has 0 amide bonds. The van der Waals surface area contributed by atoms with E-state index in [4.69, 9.17) is 0 Å². The van der Waals surface area contributed by atoms with Crippen molar-refractivity contribution in [3.05, 3.63) is 23.8 Å². The van der Waals surface area contributed by atoms with Gasteiger partial charge in [-0.3, -0.25) is 9.59 Å². The summed E-state index contributed by atoms with van der Waals surface area (Å²) in [4.78, 5) is 23.3. The summed E-state index contributed by atoms with van der Waals surface area (Å²) in [5.41, 5.74) is 1.78. The number of unbranched alkanes of at least 4 members (excludes halogenated alkanes) is 3. The maximum absolute atomic E-state index is 11.7. The zero-order valence-electron chi connectivity index (χ0n) is 13.0. The molecule has 0 fully saturated rings. The summed E-state index contributed by atoms with van der Waals surface area (Å²) in [5, 5.41) is 0. The van der Waals surface area contributed by atoms with Gasteiger partial charge in [0.25, 0.3) is 0 Å². The highest BCUT2D eigenvalue weighted by atomic mass is 16.5. The molecule has 0 saturated carbocycles. The first-order valence-electron chi connectivity index (χ1n) is 6.98.